The number of hydrogen-bond acceptors (Lipinski definition) is 10. The standard InChI is InChI=1S/C9H14BrN2O14P3/c10-4-2-12(9(15)11-8(4)14)7-1-5(13)6(24-7)3-23-28(19,20)26-29(21,22)25-27(16,17)18/h2,5-7,13H,1,3H2,(H,19,20)(H,21,22)(H,11,14,15)(H2,16,17,18)/t5-,6-,7-/m1/s1. The summed E-state index contributed by atoms with van der Waals surface area (Å²) < 4.78 is 51.2. The Morgan fingerprint density at radius 3 is 2.38 bits per heavy atom. The number of aromatic nitrogens is 2. The molecule has 29 heavy (non-hydrogen) atoms. The van der Waals surface area contributed by atoms with Gasteiger partial charge in [-0.15, -0.1) is 0 Å². The van der Waals surface area contributed by atoms with Crippen molar-refractivity contribution in [3.8, 4) is 0 Å². The Balaban J connectivity index is 2.03. The Labute approximate surface area is 168 Å². The summed E-state index contributed by atoms with van der Waals surface area (Å²) in [7, 11) is -16.6. The van der Waals surface area contributed by atoms with Crippen LogP contribution in [0.5, 0.6) is 0 Å². The number of phosphoric acid groups is 3. The van der Waals surface area contributed by atoms with Crippen LogP contribution >= 0.6 is 39.4 Å². The van der Waals surface area contributed by atoms with Crippen LogP contribution in [-0.2, 0) is 31.6 Å². The van der Waals surface area contributed by atoms with Crippen molar-refractivity contribution in [1.82, 2.24) is 9.55 Å². The first-order chi connectivity index (χ1) is 13.1. The van der Waals surface area contributed by atoms with E-state index in [2.05, 4.69) is 29.1 Å². The first kappa shape index (κ1) is 24.8. The molecule has 1 saturated heterocycles. The van der Waals surface area contributed by atoms with E-state index in [-0.39, 0.29) is 10.9 Å². The van der Waals surface area contributed by atoms with Gasteiger partial charge in [-0.05, 0) is 15.9 Å². The number of halogens is 1. The normalized spacial score (nSPS) is 26.8. The van der Waals surface area contributed by atoms with Crippen LogP contribution in [-0.4, -0.2) is 53.0 Å². The third kappa shape index (κ3) is 7.29. The molecule has 20 heteroatoms. The maximum absolute atomic E-state index is 11.8. The van der Waals surface area contributed by atoms with Crippen molar-refractivity contribution in [2.45, 2.75) is 24.9 Å². The van der Waals surface area contributed by atoms with Gasteiger partial charge in [0.15, 0.2) is 0 Å². The largest absolute Gasteiger partial charge is 0.490 e. The number of H-pyrrole nitrogens is 1. The van der Waals surface area contributed by atoms with Gasteiger partial charge in [-0.1, -0.05) is 0 Å². The molecule has 6 N–H and O–H groups in total. The predicted octanol–water partition coefficient (Wildman–Crippen LogP) is -0.709. The fraction of sp³-hybridized carbons (Fsp3) is 0.556. The smallest absolute Gasteiger partial charge is 0.390 e. The molecule has 1 aromatic rings. The Morgan fingerprint density at radius 1 is 1.17 bits per heavy atom. The third-order valence-corrected chi connectivity index (χ3v) is 7.62. The van der Waals surface area contributed by atoms with Gasteiger partial charge in [0, 0.05) is 12.6 Å². The summed E-state index contributed by atoms with van der Waals surface area (Å²) in [6.07, 6.45) is -2.83. The molecule has 0 saturated carbocycles. The van der Waals surface area contributed by atoms with E-state index in [0.29, 0.717) is 0 Å². The molecule has 0 radical (unpaired) electrons. The van der Waals surface area contributed by atoms with Gasteiger partial charge in [-0.3, -0.25) is 18.9 Å². The van der Waals surface area contributed by atoms with Crippen molar-refractivity contribution in [3.63, 3.8) is 0 Å². The first-order valence-electron chi connectivity index (χ1n) is 7.21. The van der Waals surface area contributed by atoms with E-state index < -0.39 is 59.8 Å². The second-order valence-electron chi connectivity index (χ2n) is 5.46. The first-order valence-corrected chi connectivity index (χ1v) is 12.5. The van der Waals surface area contributed by atoms with Crippen LogP contribution in [0.15, 0.2) is 20.3 Å². The molecular formula is C9H14BrN2O14P3. The molecule has 2 unspecified atom stereocenters. The summed E-state index contributed by atoms with van der Waals surface area (Å²) in [5.74, 6) is 0. The minimum Gasteiger partial charge on any atom is -0.390 e. The molecule has 5 atom stereocenters. The quantitative estimate of drug-likeness (QED) is 0.220. The lowest BCUT2D eigenvalue weighted by Gasteiger charge is -2.19. The SMILES string of the molecule is O=c1[nH]c(=O)n([C@H]2C[C@@H](O)[C@@H](COP(=O)(O)OP(=O)(O)OP(=O)(O)O)O2)cc1Br. The number of aromatic amines is 1. The van der Waals surface area contributed by atoms with E-state index >= 15 is 0 Å². The van der Waals surface area contributed by atoms with Crippen LogP contribution in [0.1, 0.15) is 12.6 Å². The highest BCUT2D eigenvalue weighted by Crippen LogP contribution is 2.66. The lowest BCUT2D eigenvalue weighted by atomic mass is 10.2. The lowest BCUT2D eigenvalue weighted by molar-refractivity contribution is -0.0450. The van der Waals surface area contributed by atoms with Gasteiger partial charge >= 0.3 is 29.2 Å². The molecule has 0 aliphatic carbocycles. The third-order valence-electron chi connectivity index (χ3n) is 3.26. The molecule has 1 aliphatic rings. The van der Waals surface area contributed by atoms with E-state index in [1.54, 1.807) is 0 Å². The number of aliphatic hydroxyl groups excluding tert-OH is 1. The molecule has 0 spiro atoms. The van der Waals surface area contributed by atoms with Crippen molar-refractivity contribution < 1.29 is 56.3 Å². The molecule has 1 aliphatic heterocycles. The average molecular weight is 547 g/mol. The average Bonchev–Trinajstić information content (AvgIpc) is 2.86. The number of rotatable bonds is 8. The minimum absolute atomic E-state index is 0.00750. The Hall–Kier alpha value is -0.510. The summed E-state index contributed by atoms with van der Waals surface area (Å²) >= 11 is 2.91. The zero-order valence-corrected chi connectivity index (χ0v) is 18.1. The van der Waals surface area contributed by atoms with Gasteiger partial charge < -0.3 is 29.4 Å². The Kier molecular flexibility index (Phi) is 7.62. The molecule has 2 heterocycles. The Morgan fingerprint density at radius 2 is 1.79 bits per heavy atom. The number of hydrogen-bond donors (Lipinski definition) is 6. The second-order valence-corrected chi connectivity index (χ2v) is 10.7. The molecule has 0 aromatic carbocycles. The fourth-order valence-corrected chi connectivity index (χ4v) is 5.53. The predicted molar refractivity (Wildman–Crippen MR) is 93.4 cm³/mol. The van der Waals surface area contributed by atoms with Crippen molar-refractivity contribution >= 4 is 39.4 Å². The van der Waals surface area contributed by atoms with Gasteiger partial charge in [0.25, 0.3) is 5.56 Å². The monoisotopic (exact) mass is 546 g/mol. The van der Waals surface area contributed by atoms with Gasteiger partial charge in [0.2, 0.25) is 0 Å². The minimum atomic E-state index is -5.68. The van der Waals surface area contributed by atoms with Crippen LogP contribution in [0.25, 0.3) is 0 Å². The maximum atomic E-state index is 11.8. The van der Waals surface area contributed by atoms with Gasteiger partial charge in [0.1, 0.15) is 12.3 Å². The van der Waals surface area contributed by atoms with Crippen LogP contribution in [0, 0.1) is 0 Å². The summed E-state index contributed by atoms with van der Waals surface area (Å²) in [6.45, 7) is -0.888. The zero-order valence-electron chi connectivity index (χ0n) is 13.8. The highest BCUT2D eigenvalue weighted by molar-refractivity contribution is 9.10. The van der Waals surface area contributed by atoms with E-state index in [9.17, 15) is 33.3 Å². The van der Waals surface area contributed by atoms with Crippen molar-refractivity contribution in [2.24, 2.45) is 0 Å². The fourth-order valence-electron chi connectivity index (χ4n) is 2.18. The van der Waals surface area contributed by atoms with Crippen LogP contribution in [0.2, 0.25) is 0 Å². The molecule has 0 bridgehead atoms. The molecule has 2 rings (SSSR count). The van der Waals surface area contributed by atoms with E-state index in [0.717, 1.165) is 10.8 Å². The summed E-state index contributed by atoms with van der Waals surface area (Å²) in [4.78, 5) is 60.5. The summed E-state index contributed by atoms with van der Waals surface area (Å²) in [6, 6.07) is 0. The van der Waals surface area contributed by atoms with Crippen molar-refractivity contribution in [3.05, 3.63) is 31.5 Å². The highest BCUT2D eigenvalue weighted by Gasteiger charge is 2.42. The van der Waals surface area contributed by atoms with Crippen LogP contribution in [0.4, 0.5) is 0 Å². The summed E-state index contributed by atoms with van der Waals surface area (Å²) in [5, 5.41) is 9.97. The highest BCUT2D eigenvalue weighted by atomic mass is 79.9. The Bertz CT molecular complexity index is 1020. The maximum Gasteiger partial charge on any atom is 0.490 e. The van der Waals surface area contributed by atoms with Gasteiger partial charge in [0.05, 0.1) is 17.2 Å². The lowest BCUT2D eigenvalue weighted by Crippen LogP contribution is -2.32. The molecule has 1 aromatic heterocycles. The number of phosphoric ester groups is 1. The second kappa shape index (κ2) is 8.93. The molecule has 0 amide bonds. The molecule has 1 fully saturated rings. The zero-order chi connectivity index (χ0) is 22.2. The van der Waals surface area contributed by atoms with E-state index in [1.165, 1.54) is 0 Å². The number of nitrogens with one attached hydrogen (secondary N) is 1. The van der Waals surface area contributed by atoms with E-state index in [4.69, 9.17) is 19.4 Å². The van der Waals surface area contributed by atoms with Gasteiger partial charge in [-0.2, -0.15) is 8.62 Å². The topological polar surface area (TPSA) is 244 Å². The van der Waals surface area contributed by atoms with Crippen LogP contribution in [0.3, 0.4) is 0 Å². The molecule has 16 nitrogen and oxygen atoms in total. The van der Waals surface area contributed by atoms with E-state index in [1.807, 2.05) is 4.98 Å². The van der Waals surface area contributed by atoms with Crippen LogP contribution < -0.4 is 11.2 Å². The van der Waals surface area contributed by atoms with Crippen molar-refractivity contribution in [1.29, 1.82) is 0 Å². The molecular weight excluding hydrogens is 533 g/mol. The molecule has 166 valence electrons. The number of nitrogens with zero attached hydrogens (tertiary/aromatic N) is 1. The number of aliphatic hydroxyl groups is 1. The number of ether oxygens (including phenoxy) is 1. The van der Waals surface area contributed by atoms with Crippen molar-refractivity contribution in [2.75, 3.05) is 6.61 Å². The van der Waals surface area contributed by atoms with Gasteiger partial charge in [-0.25, -0.2) is 18.5 Å². The summed E-state index contributed by atoms with van der Waals surface area (Å²) in [5.41, 5.74) is -1.56.